The Bertz CT molecular complexity index is 181. The molecule has 1 saturated heterocycles. The zero-order chi connectivity index (χ0) is 11.1. The summed E-state index contributed by atoms with van der Waals surface area (Å²) in [6.45, 7) is 11.1. The Kier molecular flexibility index (Phi) is 5.96. The fourth-order valence-corrected chi connectivity index (χ4v) is 2.21. The molecule has 1 fully saturated rings. The number of hydrogen-bond acceptors (Lipinski definition) is 2. The predicted octanol–water partition coefficient (Wildman–Crippen LogP) is 2.27. The van der Waals surface area contributed by atoms with Crippen molar-refractivity contribution in [3.63, 3.8) is 0 Å². The van der Waals surface area contributed by atoms with Crippen molar-refractivity contribution < 1.29 is 0 Å². The molecule has 0 bridgehead atoms. The molecule has 0 amide bonds. The summed E-state index contributed by atoms with van der Waals surface area (Å²) in [5.74, 6) is 0.948. The molecular weight excluding hydrogens is 184 g/mol. The van der Waals surface area contributed by atoms with E-state index in [1.54, 1.807) is 0 Å². The van der Waals surface area contributed by atoms with Crippen LogP contribution in [-0.2, 0) is 0 Å². The van der Waals surface area contributed by atoms with Gasteiger partial charge in [-0.2, -0.15) is 0 Å². The first kappa shape index (κ1) is 12.7. The van der Waals surface area contributed by atoms with Crippen molar-refractivity contribution >= 4 is 0 Å². The fourth-order valence-electron chi connectivity index (χ4n) is 2.21. The third-order valence-corrected chi connectivity index (χ3v) is 3.46. The van der Waals surface area contributed by atoms with Gasteiger partial charge in [0.1, 0.15) is 0 Å². The van der Waals surface area contributed by atoms with Crippen LogP contribution >= 0.6 is 0 Å². The van der Waals surface area contributed by atoms with E-state index < -0.39 is 0 Å². The van der Waals surface area contributed by atoms with Crippen molar-refractivity contribution in [2.75, 3.05) is 33.2 Å². The van der Waals surface area contributed by atoms with Crippen LogP contribution in [0.2, 0.25) is 0 Å². The van der Waals surface area contributed by atoms with Gasteiger partial charge in [0.15, 0.2) is 0 Å². The lowest BCUT2D eigenvalue weighted by atomic mass is 9.93. The van der Waals surface area contributed by atoms with Crippen LogP contribution in [0.4, 0.5) is 0 Å². The molecule has 0 radical (unpaired) electrons. The first-order valence-electron chi connectivity index (χ1n) is 6.29. The van der Waals surface area contributed by atoms with Gasteiger partial charge in [-0.15, -0.1) is 0 Å². The minimum atomic E-state index is 0.948. The lowest BCUT2D eigenvalue weighted by Crippen LogP contribution is -2.35. The standard InChI is InChI=1S/C13H26N2/c1-4-12(2)11-15-9-6-13(7-10-15)5-8-14-3/h13-14H,2,4-11H2,1,3H3. The summed E-state index contributed by atoms with van der Waals surface area (Å²) in [5, 5.41) is 3.24. The van der Waals surface area contributed by atoms with Gasteiger partial charge in [0, 0.05) is 6.54 Å². The molecule has 88 valence electrons. The quantitative estimate of drug-likeness (QED) is 0.677. The summed E-state index contributed by atoms with van der Waals surface area (Å²) in [6.07, 6.45) is 5.22. The van der Waals surface area contributed by atoms with Crippen LogP contribution in [0.5, 0.6) is 0 Å². The minimum absolute atomic E-state index is 0.948. The maximum absolute atomic E-state index is 4.08. The Morgan fingerprint density at radius 3 is 2.60 bits per heavy atom. The normalized spacial score (nSPS) is 19.3. The number of piperidine rings is 1. The molecule has 0 unspecified atom stereocenters. The Labute approximate surface area is 94.7 Å². The maximum atomic E-state index is 4.08. The molecule has 0 aromatic rings. The third-order valence-electron chi connectivity index (χ3n) is 3.46. The van der Waals surface area contributed by atoms with E-state index in [2.05, 4.69) is 23.7 Å². The molecule has 2 nitrogen and oxygen atoms in total. The fraction of sp³-hybridized carbons (Fsp3) is 0.846. The van der Waals surface area contributed by atoms with E-state index in [-0.39, 0.29) is 0 Å². The molecule has 0 saturated carbocycles. The molecule has 0 aromatic carbocycles. The summed E-state index contributed by atoms with van der Waals surface area (Å²) in [7, 11) is 2.04. The largest absolute Gasteiger partial charge is 0.320 e. The number of rotatable bonds is 6. The highest BCUT2D eigenvalue weighted by Crippen LogP contribution is 2.20. The average molecular weight is 210 g/mol. The maximum Gasteiger partial charge on any atom is 0.0190 e. The molecule has 1 N–H and O–H groups in total. The van der Waals surface area contributed by atoms with Crippen molar-refractivity contribution in [3.05, 3.63) is 12.2 Å². The van der Waals surface area contributed by atoms with Gasteiger partial charge in [-0.25, -0.2) is 0 Å². The van der Waals surface area contributed by atoms with Crippen LogP contribution < -0.4 is 5.32 Å². The van der Waals surface area contributed by atoms with Crippen LogP contribution in [0.15, 0.2) is 12.2 Å². The zero-order valence-electron chi connectivity index (χ0n) is 10.4. The van der Waals surface area contributed by atoms with Crippen molar-refractivity contribution in [1.82, 2.24) is 10.2 Å². The lowest BCUT2D eigenvalue weighted by molar-refractivity contribution is 0.190. The summed E-state index contributed by atoms with van der Waals surface area (Å²) in [6, 6.07) is 0. The SMILES string of the molecule is C=C(CC)CN1CCC(CCNC)CC1. The van der Waals surface area contributed by atoms with E-state index in [4.69, 9.17) is 0 Å². The number of nitrogens with zero attached hydrogens (tertiary/aromatic N) is 1. The van der Waals surface area contributed by atoms with Gasteiger partial charge in [0.05, 0.1) is 0 Å². The van der Waals surface area contributed by atoms with Crippen LogP contribution in [0.1, 0.15) is 32.6 Å². The molecule has 2 heteroatoms. The first-order valence-corrected chi connectivity index (χ1v) is 6.29. The highest BCUT2D eigenvalue weighted by Gasteiger charge is 2.18. The number of hydrogen-bond donors (Lipinski definition) is 1. The minimum Gasteiger partial charge on any atom is -0.320 e. The summed E-state index contributed by atoms with van der Waals surface area (Å²) in [5.41, 5.74) is 1.38. The third kappa shape index (κ3) is 4.80. The van der Waals surface area contributed by atoms with Crippen molar-refractivity contribution in [1.29, 1.82) is 0 Å². The molecule has 1 aliphatic heterocycles. The Morgan fingerprint density at radius 2 is 2.07 bits per heavy atom. The number of likely N-dealkylation sites (tertiary alicyclic amines) is 1. The monoisotopic (exact) mass is 210 g/mol. The van der Waals surface area contributed by atoms with Crippen molar-refractivity contribution in [2.45, 2.75) is 32.6 Å². The molecule has 1 aliphatic rings. The van der Waals surface area contributed by atoms with Crippen molar-refractivity contribution in [3.8, 4) is 0 Å². The molecule has 0 aromatic heterocycles. The summed E-state index contributed by atoms with van der Waals surface area (Å²) >= 11 is 0. The van der Waals surface area contributed by atoms with E-state index in [0.29, 0.717) is 0 Å². The Balaban J connectivity index is 2.15. The van der Waals surface area contributed by atoms with Gasteiger partial charge >= 0.3 is 0 Å². The molecule has 0 atom stereocenters. The second-order valence-corrected chi connectivity index (χ2v) is 4.72. The van der Waals surface area contributed by atoms with E-state index in [0.717, 1.165) is 18.9 Å². The molecule has 0 aliphatic carbocycles. The second-order valence-electron chi connectivity index (χ2n) is 4.72. The van der Waals surface area contributed by atoms with Gasteiger partial charge in [-0.3, -0.25) is 4.90 Å². The topological polar surface area (TPSA) is 15.3 Å². The van der Waals surface area contributed by atoms with Crippen LogP contribution in [0.25, 0.3) is 0 Å². The zero-order valence-corrected chi connectivity index (χ0v) is 10.4. The highest BCUT2D eigenvalue weighted by atomic mass is 15.1. The van der Waals surface area contributed by atoms with Gasteiger partial charge in [0.2, 0.25) is 0 Å². The number of nitrogens with one attached hydrogen (secondary N) is 1. The van der Waals surface area contributed by atoms with E-state index in [9.17, 15) is 0 Å². The van der Waals surface area contributed by atoms with Crippen LogP contribution in [0, 0.1) is 5.92 Å². The van der Waals surface area contributed by atoms with E-state index in [1.165, 1.54) is 44.5 Å². The van der Waals surface area contributed by atoms with Gasteiger partial charge in [-0.1, -0.05) is 19.1 Å². The van der Waals surface area contributed by atoms with Gasteiger partial charge < -0.3 is 5.32 Å². The molecule has 15 heavy (non-hydrogen) atoms. The smallest absolute Gasteiger partial charge is 0.0190 e. The average Bonchev–Trinajstić information content (AvgIpc) is 2.28. The van der Waals surface area contributed by atoms with E-state index >= 15 is 0 Å². The summed E-state index contributed by atoms with van der Waals surface area (Å²) in [4.78, 5) is 2.56. The molecule has 1 rings (SSSR count). The Morgan fingerprint density at radius 1 is 1.40 bits per heavy atom. The molecular formula is C13H26N2. The highest BCUT2D eigenvalue weighted by molar-refractivity contribution is 4.96. The van der Waals surface area contributed by atoms with Gasteiger partial charge in [0.25, 0.3) is 0 Å². The molecule has 1 heterocycles. The van der Waals surface area contributed by atoms with E-state index in [1.807, 2.05) is 7.05 Å². The predicted molar refractivity (Wildman–Crippen MR) is 67.1 cm³/mol. The van der Waals surface area contributed by atoms with Crippen LogP contribution in [-0.4, -0.2) is 38.1 Å². The van der Waals surface area contributed by atoms with Crippen LogP contribution in [0.3, 0.4) is 0 Å². The Hall–Kier alpha value is -0.340. The molecule has 0 spiro atoms. The van der Waals surface area contributed by atoms with Gasteiger partial charge in [-0.05, 0) is 58.3 Å². The van der Waals surface area contributed by atoms with Crippen molar-refractivity contribution in [2.24, 2.45) is 5.92 Å². The summed E-state index contributed by atoms with van der Waals surface area (Å²) < 4.78 is 0. The lowest BCUT2D eigenvalue weighted by Gasteiger charge is -2.32. The first-order chi connectivity index (χ1) is 7.26. The second kappa shape index (κ2) is 7.02.